The number of hydrogen-bond donors (Lipinski definition) is 1. The second-order valence-electron chi connectivity index (χ2n) is 4.42. The Morgan fingerprint density at radius 3 is 2.69 bits per heavy atom. The summed E-state index contributed by atoms with van der Waals surface area (Å²) < 4.78 is 22.5. The van der Waals surface area contributed by atoms with Crippen molar-refractivity contribution in [3.63, 3.8) is 0 Å². The van der Waals surface area contributed by atoms with Crippen molar-refractivity contribution in [1.82, 2.24) is 4.90 Å². The van der Waals surface area contributed by atoms with E-state index in [1.54, 1.807) is 4.90 Å². The van der Waals surface area contributed by atoms with E-state index in [0.29, 0.717) is 25.4 Å². The molecule has 6 heteroatoms. The number of nitrogens with zero attached hydrogens (tertiary/aromatic N) is 1. The zero-order valence-corrected chi connectivity index (χ0v) is 10.5. The summed E-state index contributed by atoms with van der Waals surface area (Å²) in [7, 11) is -3.31. The van der Waals surface area contributed by atoms with Crippen molar-refractivity contribution in [3.05, 3.63) is 0 Å². The predicted molar refractivity (Wildman–Crippen MR) is 60.7 cm³/mol. The fourth-order valence-electron chi connectivity index (χ4n) is 1.89. The Kier molecular flexibility index (Phi) is 4.32. The van der Waals surface area contributed by atoms with Gasteiger partial charge in [-0.15, -0.1) is 0 Å². The maximum atomic E-state index is 11.8. The van der Waals surface area contributed by atoms with E-state index in [0.717, 1.165) is 12.7 Å². The molecular formula is C10H19NO4S. The molecule has 1 aliphatic heterocycles. The summed E-state index contributed by atoms with van der Waals surface area (Å²) in [6, 6.07) is 0. The van der Waals surface area contributed by atoms with Crippen molar-refractivity contribution >= 4 is 15.7 Å². The fourth-order valence-corrected chi connectivity index (χ4v) is 2.41. The molecule has 1 saturated heterocycles. The minimum Gasteiger partial charge on any atom is -0.396 e. The molecule has 2 atom stereocenters. The van der Waals surface area contributed by atoms with Crippen LogP contribution in [0.25, 0.3) is 0 Å². The normalized spacial score (nSPS) is 23.4. The number of carbonyl (C=O) groups excluding carboxylic acids is 1. The van der Waals surface area contributed by atoms with E-state index in [1.807, 2.05) is 0 Å². The van der Waals surface area contributed by atoms with E-state index in [2.05, 4.69) is 0 Å². The molecule has 0 aromatic rings. The van der Waals surface area contributed by atoms with Gasteiger partial charge in [-0.2, -0.15) is 0 Å². The van der Waals surface area contributed by atoms with Crippen LogP contribution in [0.15, 0.2) is 0 Å². The number of amides is 1. The summed E-state index contributed by atoms with van der Waals surface area (Å²) >= 11 is 0. The van der Waals surface area contributed by atoms with E-state index in [4.69, 9.17) is 5.11 Å². The molecule has 16 heavy (non-hydrogen) atoms. The number of hydrogen-bond acceptors (Lipinski definition) is 4. The van der Waals surface area contributed by atoms with Gasteiger partial charge in [-0.05, 0) is 25.7 Å². The molecule has 1 aliphatic rings. The Hall–Kier alpha value is -0.620. The number of aliphatic hydroxyl groups is 1. The van der Waals surface area contributed by atoms with Crippen molar-refractivity contribution in [3.8, 4) is 0 Å². The highest BCUT2D eigenvalue weighted by molar-refractivity contribution is 7.92. The van der Waals surface area contributed by atoms with Crippen molar-refractivity contribution < 1.29 is 18.3 Å². The SMILES string of the molecule is CC(C(=O)N1CCC(CCO)C1)S(C)(=O)=O. The summed E-state index contributed by atoms with van der Waals surface area (Å²) in [5, 5.41) is 7.83. The largest absolute Gasteiger partial charge is 0.396 e. The third-order valence-corrected chi connectivity index (χ3v) is 4.61. The first-order valence-electron chi connectivity index (χ1n) is 5.44. The molecule has 1 amide bonds. The molecule has 1 heterocycles. The molecule has 2 unspecified atom stereocenters. The van der Waals surface area contributed by atoms with Crippen LogP contribution in [0.2, 0.25) is 0 Å². The first-order chi connectivity index (χ1) is 7.36. The average Bonchev–Trinajstić information content (AvgIpc) is 2.63. The van der Waals surface area contributed by atoms with Gasteiger partial charge in [0.05, 0.1) is 0 Å². The van der Waals surface area contributed by atoms with E-state index >= 15 is 0 Å². The summed E-state index contributed by atoms with van der Waals surface area (Å²) in [4.78, 5) is 13.4. The van der Waals surface area contributed by atoms with Gasteiger partial charge in [0.25, 0.3) is 0 Å². The quantitative estimate of drug-likeness (QED) is 0.739. The van der Waals surface area contributed by atoms with Gasteiger partial charge < -0.3 is 10.0 Å². The van der Waals surface area contributed by atoms with E-state index < -0.39 is 15.1 Å². The van der Waals surface area contributed by atoms with Gasteiger partial charge in [0.15, 0.2) is 9.84 Å². The lowest BCUT2D eigenvalue weighted by atomic mass is 10.1. The predicted octanol–water partition coefficient (Wildman–Crippen LogP) is -0.350. The van der Waals surface area contributed by atoms with Gasteiger partial charge in [-0.25, -0.2) is 8.42 Å². The van der Waals surface area contributed by atoms with Crippen LogP contribution in [0.1, 0.15) is 19.8 Å². The first-order valence-corrected chi connectivity index (χ1v) is 7.40. The Bertz CT molecular complexity index is 352. The number of aliphatic hydroxyl groups excluding tert-OH is 1. The Labute approximate surface area is 96.4 Å². The molecule has 5 nitrogen and oxygen atoms in total. The molecule has 0 bridgehead atoms. The number of carbonyl (C=O) groups is 1. The van der Waals surface area contributed by atoms with Crippen LogP contribution in [0.4, 0.5) is 0 Å². The van der Waals surface area contributed by atoms with Crippen LogP contribution < -0.4 is 0 Å². The molecule has 0 spiro atoms. The lowest BCUT2D eigenvalue weighted by molar-refractivity contribution is -0.129. The lowest BCUT2D eigenvalue weighted by Gasteiger charge is -2.19. The van der Waals surface area contributed by atoms with Gasteiger partial charge in [-0.1, -0.05) is 0 Å². The zero-order chi connectivity index (χ0) is 12.3. The monoisotopic (exact) mass is 249 g/mol. The second kappa shape index (κ2) is 5.14. The van der Waals surface area contributed by atoms with Crippen LogP contribution in [0, 0.1) is 5.92 Å². The maximum absolute atomic E-state index is 11.8. The minimum atomic E-state index is -3.31. The van der Waals surface area contributed by atoms with Crippen LogP contribution in [-0.2, 0) is 14.6 Å². The molecule has 0 radical (unpaired) electrons. The van der Waals surface area contributed by atoms with Gasteiger partial charge >= 0.3 is 0 Å². The molecule has 0 saturated carbocycles. The molecule has 0 aromatic heterocycles. The summed E-state index contributed by atoms with van der Waals surface area (Å²) in [5.41, 5.74) is 0. The molecule has 1 rings (SSSR count). The van der Waals surface area contributed by atoms with Gasteiger partial charge in [0.2, 0.25) is 5.91 Å². The summed E-state index contributed by atoms with van der Waals surface area (Å²) in [6.07, 6.45) is 2.61. The third-order valence-electron chi connectivity index (χ3n) is 3.12. The summed E-state index contributed by atoms with van der Waals surface area (Å²) in [6.45, 7) is 2.72. The van der Waals surface area contributed by atoms with Crippen LogP contribution >= 0.6 is 0 Å². The Morgan fingerprint density at radius 2 is 2.19 bits per heavy atom. The first kappa shape index (κ1) is 13.4. The fraction of sp³-hybridized carbons (Fsp3) is 0.900. The topological polar surface area (TPSA) is 74.7 Å². The van der Waals surface area contributed by atoms with Crippen LogP contribution in [-0.4, -0.2) is 55.5 Å². The van der Waals surface area contributed by atoms with Gasteiger partial charge in [-0.3, -0.25) is 4.79 Å². The number of likely N-dealkylation sites (tertiary alicyclic amines) is 1. The van der Waals surface area contributed by atoms with Crippen molar-refractivity contribution in [2.45, 2.75) is 25.0 Å². The smallest absolute Gasteiger partial charge is 0.240 e. The molecule has 1 N–H and O–H groups in total. The minimum absolute atomic E-state index is 0.119. The van der Waals surface area contributed by atoms with Crippen molar-refractivity contribution in [1.29, 1.82) is 0 Å². The number of sulfone groups is 1. The Morgan fingerprint density at radius 1 is 1.56 bits per heavy atom. The summed E-state index contributed by atoms with van der Waals surface area (Å²) in [5.74, 6) is -0.0105. The highest BCUT2D eigenvalue weighted by atomic mass is 32.2. The van der Waals surface area contributed by atoms with Gasteiger partial charge in [0, 0.05) is 26.0 Å². The molecule has 94 valence electrons. The molecule has 1 fully saturated rings. The average molecular weight is 249 g/mol. The highest BCUT2D eigenvalue weighted by Crippen LogP contribution is 2.20. The molecule has 0 aromatic carbocycles. The van der Waals surface area contributed by atoms with Crippen LogP contribution in [0.3, 0.4) is 0 Å². The maximum Gasteiger partial charge on any atom is 0.240 e. The molecule has 0 aliphatic carbocycles. The highest BCUT2D eigenvalue weighted by Gasteiger charge is 2.32. The third kappa shape index (κ3) is 3.18. The lowest BCUT2D eigenvalue weighted by Crippen LogP contribution is -2.39. The number of rotatable bonds is 4. The van der Waals surface area contributed by atoms with Crippen molar-refractivity contribution in [2.75, 3.05) is 26.0 Å². The van der Waals surface area contributed by atoms with Crippen LogP contribution in [0.5, 0.6) is 0 Å². The van der Waals surface area contributed by atoms with E-state index in [1.165, 1.54) is 6.92 Å². The Balaban J connectivity index is 2.58. The van der Waals surface area contributed by atoms with Gasteiger partial charge in [0.1, 0.15) is 5.25 Å². The zero-order valence-electron chi connectivity index (χ0n) is 9.72. The van der Waals surface area contributed by atoms with Crippen molar-refractivity contribution in [2.24, 2.45) is 5.92 Å². The van der Waals surface area contributed by atoms with E-state index in [9.17, 15) is 13.2 Å². The van der Waals surface area contributed by atoms with E-state index in [-0.39, 0.29) is 12.5 Å². The standard InChI is InChI=1S/C10H19NO4S/c1-8(16(2,14)15)10(13)11-5-3-9(7-11)4-6-12/h8-9,12H,3-7H2,1-2H3. The molecular weight excluding hydrogens is 230 g/mol. The second-order valence-corrected chi connectivity index (χ2v) is 6.79.